The number of allylic oxidation sites excluding steroid dienone is 5. The van der Waals surface area contributed by atoms with Gasteiger partial charge in [0.25, 0.3) is 0 Å². The Balaban J connectivity index is 0. The number of hydrogen-bond donors (Lipinski definition) is 0. The first kappa shape index (κ1) is 11.5. The third-order valence-corrected chi connectivity index (χ3v) is 0.708. The van der Waals surface area contributed by atoms with E-state index in [0.29, 0.717) is 5.57 Å². The maximum absolute atomic E-state index is 9.71. The van der Waals surface area contributed by atoms with Crippen LogP contribution >= 0.6 is 0 Å². The van der Waals surface area contributed by atoms with Crippen molar-refractivity contribution in [3.8, 4) is 0 Å². The molecule has 0 amide bonds. The summed E-state index contributed by atoms with van der Waals surface area (Å²) in [5, 5.41) is 0. The second kappa shape index (κ2) is 5.83. The molecular weight excluding hydrogens is 124 g/mol. The van der Waals surface area contributed by atoms with Gasteiger partial charge in [0.2, 0.25) is 0 Å². The molecule has 1 aliphatic rings. The van der Waals surface area contributed by atoms with Gasteiger partial charge in [-0.25, -0.2) is 0 Å². The van der Waals surface area contributed by atoms with Crippen LogP contribution in [0.4, 0.5) is 0 Å². The molecule has 1 aliphatic carbocycles. The van der Waals surface area contributed by atoms with Crippen LogP contribution < -0.4 is 0 Å². The minimum atomic E-state index is 0. The molecular formula is C7H6MgO. The summed E-state index contributed by atoms with van der Waals surface area (Å²) in [6.45, 7) is 0. The van der Waals surface area contributed by atoms with E-state index in [1.54, 1.807) is 24.2 Å². The number of hydrogen-bond acceptors (Lipinski definition) is 1. The van der Waals surface area contributed by atoms with Crippen LogP contribution in [0, 0.1) is 13.5 Å². The first-order valence-corrected chi connectivity index (χ1v) is 1.95. The predicted molar refractivity (Wildman–Crippen MR) is 38.3 cm³/mol. The van der Waals surface area contributed by atoms with Crippen LogP contribution in [0.5, 0.6) is 0 Å². The van der Waals surface area contributed by atoms with E-state index in [0.717, 1.165) is 0 Å². The van der Waals surface area contributed by atoms with Crippen LogP contribution in [-0.2, 0) is 4.79 Å². The van der Waals surface area contributed by atoms with E-state index < -0.39 is 0 Å². The molecule has 0 atom stereocenters. The van der Waals surface area contributed by atoms with E-state index in [1.165, 1.54) is 0 Å². The van der Waals surface area contributed by atoms with Crippen molar-refractivity contribution >= 4 is 29.0 Å². The van der Waals surface area contributed by atoms with Gasteiger partial charge in [-0.3, -0.25) is 0 Å². The number of carbonyl (C=O) groups excluding carboxylic acids is 1. The zero-order chi connectivity index (χ0) is 5.11. The Morgan fingerprint density at radius 2 is 2.22 bits per heavy atom. The van der Waals surface area contributed by atoms with Gasteiger partial charge in [-0.2, -0.15) is 18.2 Å². The average Bonchev–Trinajstić information content (AvgIpc) is 2.14. The molecule has 0 bridgehead atoms. The second-order valence-electron chi connectivity index (χ2n) is 1.19. The summed E-state index contributed by atoms with van der Waals surface area (Å²) in [5.41, 5.74) is 0.500. The molecule has 0 saturated heterocycles. The van der Waals surface area contributed by atoms with Crippen molar-refractivity contribution in [1.29, 1.82) is 0 Å². The summed E-state index contributed by atoms with van der Waals surface area (Å²) >= 11 is 0. The third-order valence-electron chi connectivity index (χ3n) is 0.708. The van der Waals surface area contributed by atoms with Crippen molar-refractivity contribution in [2.45, 2.75) is 0 Å². The fourth-order valence-corrected chi connectivity index (χ4v) is 0.394. The molecule has 42 valence electrons. The Labute approximate surface area is 71.3 Å². The second-order valence-corrected chi connectivity index (χ2v) is 1.19. The minimum absolute atomic E-state index is 0. The molecule has 0 aromatic heterocycles. The van der Waals surface area contributed by atoms with Gasteiger partial charge in [0.05, 0.1) is 0 Å². The van der Waals surface area contributed by atoms with Crippen molar-refractivity contribution in [3.05, 3.63) is 37.3 Å². The molecule has 0 spiro atoms. The molecule has 0 aromatic carbocycles. The first-order valence-electron chi connectivity index (χ1n) is 1.95. The predicted octanol–water partition coefficient (Wildman–Crippen LogP) is 0.743. The smallest absolute Gasteiger partial charge is 0.358 e. The van der Waals surface area contributed by atoms with E-state index in [1.807, 2.05) is 0 Å². The fraction of sp³-hybridized carbons (Fsp3) is 0. The Hall–Kier alpha value is -0.304. The van der Waals surface area contributed by atoms with Gasteiger partial charge in [0.15, 0.2) is 0 Å². The van der Waals surface area contributed by atoms with Crippen LogP contribution in [0.15, 0.2) is 23.8 Å². The van der Waals surface area contributed by atoms with Crippen LogP contribution in [0.2, 0.25) is 0 Å². The first-order chi connectivity index (χ1) is 3.43. The molecule has 2 heteroatoms. The van der Waals surface area contributed by atoms with Crippen LogP contribution in [0.3, 0.4) is 0 Å². The van der Waals surface area contributed by atoms with Gasteiger partial charge in [0, 0.05) is 5.94 Å². The van der Waals surface area contributed by atoms with Crippen molar-refractivity contribution in [2.75, 3.05) is 0 Å². The van der Waals surface area contributed by atoms with Gasteiger partial charge >= 0.3 is 23.1 Å². The van der Waals surface area contributed by atoms with Gasteiger partial charge < -0.3 is 12.2 Å². The molecule has 0 unspecified atom stereocenters. The summed E-state index contributed by atoms with van der Waals surface area (Å²) in [5.74, 6) is 1.70. The van der Waals surface area contributed by atoms with E-state index >= 15 is 0 Å². The zero-order valence-electron chi connectivity index (χ0n) is 5.35. The molecule has 0 N–H and O–H groups in total. The normalized spacial score (nSPS) is 11.8. The third kappa shape index (κ3) is 3.30. The van der Waals surface area contributed by atoms with E-state index in [4.69, 9.17) is 0 Å². The van der Waals surface area contributed by atoms with Crippen LogP contribution in [0.1, 0.15) is 0 Å². The molecule has 0 radical (unpaired) electrons. The van der Waals surface area contributed by atoms with Gasteiger partial charge in [-0.15, -0.1) is 6.08 Å². The van der Waals surface area contributed by atoms with E-state index in [2.05, 4.69) is 6.08 Å². The molecule has 0 heterocycles. The Bertz CT molecular complexity index is 159. The summed E-state index contributed by atoms with van der Waals surface area (Å²) in [7, 11) is 0. The molecule has 0 aliphatic heterocycles. The standard InChI is InChI=1S/C6H3O.CH3.Mg/c7-5-6-3-1-2-4-6;;/h1-3H;1H3;/q2*-1;+2. The maximum Gasteiger partial charge on any atom is 2.00 e. The SMILES string of the molecule is O=C=C1[C-]=CC=C1.[CH3-].[Mg+2]. The summed E-state index contributed by atoms with van der Waals surface area (Å²) in [4.78, 5) is 9.71. The van der Waals surface area contributed by atoms with Crippen LogP contribution in [0.25, 0.3) is 0 Å². The van der Waals surface area contributed by atoms with Gasteiger partial charge in [-0.05, 0) is 0 Å². The quantitative estimate of drug-likeness (QED) is 0.269. The average molecular weight is 130 g/mol. The minimum Gasteiger partial charge on any atom is -0.358 e. The molecule has 1 nitrogen and oxygen atoms in total. The Morgan fingerprint density at radius 3 is 2.44 bits per heavy atom. The summed E-state index contributed by atoms with van der Waals surface area (Å²) < 4.78 is 0. The van der Waals surface area contributed by atoms with Gasteiger partial charge in [0.1, 0.15) is 0 Å². The largest absolute Gasteiger partial charge is 2.00 e. The van der Waals surface area contributed by atoms with Gasteiger partial charge in [-0.1, -0.05) is 5.57 Å². The zero-order valence-corrected chi connectivity index (χ0v) is 6.76. The van der Waals surface area contributed by atoms with Crippen molar-refractivity contribution < 1.29 is 4.79 Å². The Morgan fingerprint density at radius 1 is 1.56 bits per heavy atom. The van der Waals surface area contributed by atoms with Crippen molar-refractivity contribution in [2.24, 2.45) is 0 Å². The Kier molecular flexibility index (Phi) is 7.44. The van der Waals surface area contributed by atoms with Crippen LogP contribution in [-0.4, -0.2) is 29.0 Å². The van der Waals surface area contributed by atoms with E-state index in [9.17, 15) is 4.79 Å². The molecule has 0 aromatic rings. The summed E-state index contributed by atoms with van der Waals surface area (Å²) in [6, 6.07) is 0. The number of rotatable bonds is 0. The molecule has 0 saturated carbocycles. The maximum atomic E-state index is 9.71. The molecule has 9 heavy (non-hydrogen) atoms. The fourth-order valence-electron chi connectivity index (χ4n) is 0.394. The van der Waals surface area contributed by atoms with E-state index in [-0.39, 0.29) is 30.5 Å². The van der Waals surface area contributed by atoms with Crippen molar-refractivity contribution in [1.82, 2.24) is 0 Å². The molecule has 1 rings (SSSR count). The van der Waals surface area contributed by atoms with Crippen molar-refractivity contribution in [3.63, 3.8) is 0 Å². The summed E-state index contributed by atoms with van der Waals surface area (Å²) in [6.07, 6.45) is 7.75. The monoisotopic (exact) mass is 130 g/mol. The topological polar surface area (TPSA) is 17.1 Å². The molecule has 0 fully saturated rings.